The van der Waals surface area contributed by atoms with Crippen molar-refractivity contribution in [1.82, 2.24) is 5.43 Å². The van der Waals surface area contributed by atoms with Gasteiger partial charge in [-0.2, -0.15) is 0 Å². The van der Waals surface area contributed by atoms with Gasteiger partial charge < -0.3 is 5.32 Å². The molecule has 0 amide bonds. The van der Waals surface area contributed by atoms with Crippen molar-refractivity contribution < 1.29 is 0 Å². The van der Waals surface area contributed by atoms with Gasteiger partial charge in [0.05, 0.1) is 5.69 Å². The van der Waals surface area contributed by atoms with E-state index in [1.54, 1.807) is 0 Å². The maximum absolute atomic E-state index is 5.27. The van der Waals surface area contributed by atoms with Gasteiger partial charge in [0.2, 0.25) is 0 Å². The summed E-state index contributed by atoms with van der Waals surface area (Å²) in [6.45, 7) is 6.22. The van der Waals surface area contributed by atoms with Crippen LogP contribution < -0.4 is 16.2 Å². The number of hydrogen-bond acceptors (Lipinski definition) is 2. The monoisotopic (exact) mass is 285 g/mol. The van der Waals surface area contributed by atoms with Crippen molar-refractivity contribution in [2.75, 3.05) is 10.7 Å². The van der Waals surface area contributed by atoms with Crippen molar-refractivity contribution in [3.8, 4) is 0 Å². The third-order valence-corrected chi connectivity index (χ3v) is 3.42. The molecule has 0 bridgehead atoms. The zero-order valence-corrected chi connectivity index (χ0v) is 12.8. The lowest BCUT2D eigenvalue weighted by molar-refractivity contribution is 1.13. The molecular weight excluding hydrogens is 266 g/mol. The Bertz CT molecular complexity index is 623. The fourth-order valence-electron chi connectivity index (χ4n) is 1.82. The lowest BCUT2D eigenvalue weighted by Crippen LogP contribution is -2.33. The Labute approximate surface area is 125 Å². The van der Waals surface area contributed by atoms with Crippen molar-refractivity contribution in [3.05, 3.63) is 59.2 Å². The lowest BCUT2D eigenvalue weighted by Gasteiger charge is -2.14. The number of nitrogens with one attached hydrogen (secondary N) is 3. The maximum atomic E-state index is 5.27. The molecule has 2 rings (SSSR count). The van der Waals surface area contributed by atoms with Crippen LogP contribution in [0.1, 0.15) is 16.7 Å². The summed E-state index contributed by atoms with van der Waals surface area (Å²) in [5, 5.41) is 3.70. The van der Waals surface area contributed by atoms with Crippen LogP contribution in [-0.4, -0.2) is 5.11 Å². The first-order valence-corrected chi connectivity index (χ1v) is 6.93. The normalized spacial score (nSPS) is 9.95. The molecule has 0 aliphatic heterocycles. The standard InChI is InChI=1S/C16H19N3S/c1-11-8-9-14(10-13(11)3)17-16(20)19-18-15-7-5-4-6-12(15)2/h4-10,18H,1-3H3,(H2,17,19,20). The molecule has 0 spiro atoms. The van der Waals surface area contributed by atoms with Crippen molar-refractivity contribution >= 4 is 28.7 Å². The van der Waals surface area contributed by atoms with Crippen LogP contribution in [0.5, 0.6) is 0 Å². The maximum Gasteiger partial charge on any atom is 0.189 e. The van der Waals surface area contributed by atoms with E-state index in [1.165, 1.54) is 11.1 Å². The number of hydrazine groups is 1. The van der Waals surface area contributed by atoms with E-state index in [-0.39, 0.29) is 0 Å². The fraction of sp³-hybridized carbons (Fsp3) is 0.188. The molecule has 0 atom stereocenters. The summed E-state index contributed by atoms with van der Waals surface area (Å²) >= 11 is 5.27. The van der Waals surface area contributed by atoms with E-state index >= 15 is 0 Å². The molecule has 0 aliphatic carbocycles. The number of hydrogen-bond donors (Lipinski definition) is 3. The van der Waals surface area contributed by atoms with Crippen LogP contribution in [0.4, 0.5) is 11.4 Å². The van der Waals surface area contributed by atoms with Gasteiger partial charge in [-0.15, -0.1) is 0 Å². The molecule has 0 fully saturated rings. The molecule has 3 nitrogen and oxygen atoms in total. The third kappa shape index (κ3) is 3.71. The minimum absolute atomic E-state index is 0.538. The third-order valence-electron chi connectivity index (χ3n) is 3.22. The quantitative estimate of drug-likeness (QED) is 0.590. The average Bonchev–Trinajstić information content (AvgIpc) is 2.42. The predicted molar refractivity (Wildman–Crippen MR) is 90.1 cm³/mol. The lowest BCUT2D eigenvalue weighted by atomic mass is 10.1. The number of para-hydroxylation sites is 1. The number of thiocarbonyl (C=S) groups is 1. The Morgan fingerprint density at radius 1 is 0.900 bits per heavy atom. The summed E-state index contributed by atoms with van der Waals surface area (Å²) < 4.78 is 0. The van der Waals surface area contributed by atoms with Crippen LogP contribution in [0.25, 0.3) is 0 Å². The topological polar surface area (TPSA) is 36.1 Å². The molecule has 0 aliphatic rings. The molecular formula is C16H19N3S. The van der Waals surface area contributed by atoms with Gasteiger partial charge in [0.25, 0.3) is 0 Å². The second-order valence-corrected chi connectivity index (χ2v) is 5.23. The first-order valence-electron chi connectivity index (χ1n) is 6.52. The first kappa shape index (κ1) is 14.3. The Hall–Kier alpha value is -2.07. The first-order chi connectivity index (χ1) is 9.56. The van der Waals surface area contributed by atoms with Gasteiger partial charge in [-0.3, -0.25) is 10.9 Å². The SMILES string of the molecule is Cc1ccc(NC(=S)NNc2ccccc2C)cc1C. The molecule has 0 aromatic heterocycles. The Morgan fingerprint density at radius 2 is 1.65 bits per heavy atom. The molecule has 2 aromatic carbocycles. The molecule has 0 heterocycles. The molecule has 4 heteroatoms. The zero-order valence-electron chi connectivity index (χ0n) is 11.9. The van der Waals surface area contributed by atoms with Gasteiger partial charge in [0, 0.05) is 5.69 Å². The summed E-state index contributed by atoms with van der Waals surface area (Å²) in [4.78, 5) is 0. The van der Waals surface area contributed by atoms with E-state index in [2.05, 4.69) is 42.1 Å². The van der Waals surface area contributed by atoms with E-state index in [0.717, 1.165) is 16.9 Å². The molecule has 0 saturated carbocycles. The number of benzene rings is 2. The van der Waals surface area contributed by atoms with Crippen LogP contribution in [0.2, 0.25) is 0 Å². The van der Waals surface area contributed by atoms with Crippen LogP contribution in [0, 0.1) is 20.8 Å². The zero-order chi connectivity index (χ0) is 14.5. The van der Waals surface area contributed by atoms with E-state index in [0.29, 0.717) is 5.11 Å². The van der Waals surface area contributed by atoms with E-state index in [9.17, 15) is 0 Å². The molecule has 20 heavy (non-hydrogen) atoms. The highest BCUT2D eigenvalue weighted by Crippen LogP contribution is 2.14. The minimum Gasteiger partial charge on any atom is -0.331 e. The average molecular weight is 285 g/mol. The Morgan fingerprint density at radius 3 is 2.35 bits per heavy atom. The largest absolute Gasteiger partial charge is 0.331 e. The summed E-state index contributed by atoms with van der Waals surface area (Å²) in [6.07, 6.45) is 0. The highest BCUT2D eigenvalue weighted by atomic mass is 32.1. The second-order valence-electron chi connectivity index (χ2n) is 4.82. The van der Waals surface area contributed by atoms with Crippen molar-refractivity contribution in [3.63, 3.8) is 0 Å². The molecule has 0 saturated heterocycles. The van der Waals surface area contributed by atoms with Gasteiger partial charge in [0.15, 0.2) is 5.11 Å². The van der Waals surface area contributed by atoms with Gasteiger partial charge in [-0.05, 0) is 67.9 Å². The fourth-order valence-corrected chi connectivity index (χ4v) is 1.99. The van der Waals surface area contributed by atoms with E-state index < -0.39 is 0 Å². The van der Waals surface area contributed by atoms with Crippen LogP contribution in [0.15, 0.2) is 42.5 Å². The van der Waals surface area contributed by atoms with Crippen LogP contribution >= 0.6 is 12.2 Å². The van der Waals surface area contributed by atoms with E-state index in [1.807, 2.05) is 37.3 Å². The van der Waals surface area contributed by atoms with Crippen molar-refractivity contribution in [2.24, 2.45) is 0 Å². The van der Waals surface area contributed by atoms with Gasteiger partial charge >= 0.3 is 0 Å². The van der Waals surface area contributed by atoms with Gasteiger partial charge in [-0.25, -0.2) is 0 Å². The second kappa shape index (κ2) is 6.39. The Kier molecular flexibility index (Phi) is 4.58. The summed E-state index contributed by atoms with van der Waals surface area (Å²) in [5.41, 5.74) is 11.8. The molecule has 104 valence electrons. The number of rotatable bonds is 3. The molecule has 0 radical (unpaired) electrons. The molecule has 3 N–H and O–H groups in total. The molecule has 2 aromatic rings. The van der Waals surface area contributed by atoms with Crippen molar-refractivity contribution in [1.29, 1.82) is 0 Å². The van der Waals surface area contributed by atoms with Crippen LogP contribution in [0.3, 0.4) is 0 Å². The minimum atomic E-state index is 0.538. The summed E-state index contributed by atoms with van der Waals surface area (Å²) in [5.74, 6) is 0. The Balaban J connectivity index is 1.93. The smallest absolute Gasteiger partial charge is 0.189 e. The van der Waals surface area contributed by atoms with Gasteiger partial charge in [-0.1, -0.05) is 24.3 Å². The highest BCUT2D eigenvalue weighted by Gasteiger charge is 2.00. The van der Waals surface area contributed by atoms with E-state index in [4.69, 9.17) is 12.2 Å². The van der Waals surface area contributed by atoms with Crippen molar-refractivity contribution in [2.45, 2.75) is 20.8 Å². The summed E-state index contributed by atoms with van der Waals surface area (Å²) in [7, 11) is 0. The predicted octanol–water partition coefficient (Wildman–Crippen LogP) is 3.93. The van der Waals surface area contributed by atoms with Crippen LogP contribution in [-0.2, 0) is 0 Å². The number of aryl methyl sites for hydroxylation is 3. The summed E-state index contributed by atoms with van der Waals surface area (Å²) in [6, 6.07) is 14.2. The highest BCUT2D eigenvalue weighted by molar-refractivity contribution is 7.80. The molecule has 0 unspecified atom stereocenters. The number of anilines is 2. The van der Waals surface area contributed by atoms with Gasteiger partial charge in [0.1, 0.15) is 0 Å².